The predicted molar refractivity (Wildman–Crippen MR) is 112 cm³/mol. The number of ether oxygens (including phenoxy) is 1. The molecule has 25 heavy (non-hydrogen) atoms. The Morgan fingerprint density at radius 2 is 2.12 bits per heavy atom. The highest BCUT2D eigenvalue weighted by Crippen LogP contribution is 2.20. The maximum Gasteiger partial charge on any atom is 0.191 e. The molecule has 1 aromatic rings. The molecule has 2 rings (SSSR count). The van der Waals surface area contributed by atoms with Crippen LogP contribution >= 0.6 is 24.0 Å². The van der Waals surface area contributed by atoms with Gasteiger partial charge in [0.15, 0.2) is 5.96 Å². The fourth-order valence-electron chi connectivity index (χ4n) is 2.94. The zero-order valence-corrected chi connectivity index (χ0v) is 17.9. The van der Waals surface area contributed by atoms with E-state index in [-0.39, 0.29) is 24.0 Å². The lowest BCUT2D eigenvalue weighted by Gasteiger charge is -2.13. The predicted octanol–water partition coefficient (Wildman–Crippen LogP) is 2.36. The van der Waals surface area contributed by atoms with Gasteiger partial charge in [0.05, 0.1) is 6.10 Å². The topological polar surface area (TPSA) is 76.4 Å². The van der Waals surface area contributed by atoms with E-state index < -0.39 is 0 Å². The number of rotatable bonds is 10. The second-order valence-electron chi connectivity index (χ2n) is 6.11. The van der Waals surface area contributed by atoms with Gasteiger partial charge in [-0.05, 0) is 26.2 Å². The number of aryl methyl sites for hydroxylation is 1. The van der Waals surface area contributed by atoms with Crippen molar-refractivity contribution >= 4 is 29.9 Å². The van der Waals surface area contributed by atoms with Gasteiger partial charge in [-0.25, -0.2) is 0 Å². The van der Waals surface area contributed by atoms with E-state index in [9.17, 15) is 0 Å². The van der Waals surface area contributed by atoms with Gasteiger partial charge in [0.2, 0.25) is 0 Å². The first-order valence-electron chi connectivity index (χ1n) is 9.34. The van der Waals surface area contributed by atoms with Crippen LogP contribution in [-0.4, -0.2) is 53.1 Å². The monoisotopic (exact) mass is 464 g/mol. The van der Waals surface area contributed by atoms with Crippen molar-refractivity contribution in [3.8, 4) is 0 Å². The van der Waals surface area contributed by atoms with E-state index in [4.69, 9.17) is 4.74 Å². The van der Waals surface area contributed by atoms with Crippen LogP contribution < -0.4 is 10.6 Å². The Kier molecular flexibility index (Phi) is 11.8. The molecule has 144 valence electrons. The van der Waals surface area contributed by atoms with E-state index in [1.807, 2.05) is 0 Å². The summed E-state index contributed by atoms with van der Waals surface area (Å²) in [6.07, 6.45) is 9.26. The molecule has 0 amide bonds. The zero-order valence-electron chi connectivity index (χ0n) is 15.5. The number of guanidine groups is 1. The molecule has 0 bridgehead atoms. The fraction of sp³-hybridized carbons (Fsp3) is 0.824. The summed E-state index contributed by atoms with van der Waals surface area (Å²) >= 11 is 0. The van der Waals surface area contributed by atoms with E-state index in [1.54, 1.807) is 6.33 Å². The van der Waals surface area contributed by atoms with Gasteiger partial charge in [-0.1, -0.05) is 19.8 Å². The summed E-state index contributed by atoms with van der Waals surface area (Å²) in [5, 5.41) is 14.7. The summed E-state index contributed by atoms with van der Waals surface area (Å²) in [4.78, 5) is 4.61. The van der Waals surface area contributed by atoms with Crippen LogP contribution in [0.2, 0.25) is 0 Å². The molecule has 0 saturated heterocycles. The largest absolute Gasteiger partial charge is 0.378 e. The summed E-state index contributed by atoms with van der Waals surface area (Å²) in [5.74, 6) is 1.88. The molecule has 0 unspecified atom stereocenters. The SMILES string of the molecule is CCNC(=NCCCOC1CCCC1)NCCn1cnnc1CC.I. The Hall–Kier alpha value is -0.900. The van der Waals surface area contributed by atoms with E-state index >= 15 is 0 Å². The van der Waals surface area contributed by atoms with Crippen LogP contribution in [0.1, 0.15) is 51.8 Å². The van der Waals surface area contributed by atoms with Crippen LogP contribution in [-0.2, 0) is 17.7 Å². The normalized spacial score (nSPS) is 15.2. The van der Waals surface area contributed by atoms with Crippen molar-refractivity contribution in [3.05, 3.63) is 12.2 Å². The van der Waals surface area contributed by atoms with Gasteiger partial charge >= 0.3 is 0 Å². The van der Waals surface area contributed by atoms with Crippen molar-refractivity contribution in [3.63, 3.8) is 0 Å². The molecule has 7 nitrogen and oxygen atoms in total. The number of aliphatic imine (C=N–C) groups is 1. The number of aromatic nitrogens is 3. The van der Waals surface area contributed by atoms with Crippen LogP contribution in [0, 0.1) is 0 Å². The molecule has 1 aliphatic rings. The minimum atomic E-state index is 0. The molecule has 0 spiro atoms. The fourth-order valence-corrected chi connectivity index (χ4v) is 2.94. The molecule has 0 aromatic carbocycles. The maximum absolute atomic E-state index is 5.87. The van der Waals surface area contributed by atoms with Gasteiger partial charge in [0, 0.05) is 39.2 Å². The molecule has 1 aromatic heterocycles. The number of nitrogens with one attached hydrogen (secondary N) is 2. The van der Waals surface area contributed by atoms with E-state index in [1.165, 1.54) is 25.7 Å². The molecule has 8 heteroatoms. The summed E-state index contributed by atoms with van der Waals surface area (Å²) in [7, 11) is 0. The van der Waals surface area contributed by atoms with Crippen molar-refractivity contribution < 1.29 is 4.74 Å². The first-order chi connectivity index (χ1) is 11.8. The van der Waals surface area contributed by atoms with Gasteiger partial charge in [-0.3, -0.25) is 4.99 Å². The molecule has 1 fully saturated rings. The minimum absolute atomic E-state index is 0. The molecule has 1 aliphatic carbocycles. The molecule has 1 heterocycles. The quantitative estimate of drug-likeness (QED) is 0.241. The van der Waals surface area contributed by atoms with Crippen molar-refractivity contribution in [1.29, 1.82) is 0 Å². The van der Waals surface area contributed by atoms with Crippen LogP contribution in [0.4, 0.5) is 0 Å². The van der Waals surface area contributed by atoms with Gasteiger partial charge < -0.3 is 19.9 Å². The molecule has 1 saturated carbocycles. The second-order valence-corrected chi connectivity index (χ2v) is 6.11. The lowest BCUT2D eigenvalue weighted by atomic mass is 10.3. The Balaban J connectivity index is 0.00000312. The van der Waals surface area contributed by atoms with Crippen molar-refractivity contribution in [2.24, 2.45) is 4.99 Å². The third-order valence-electron chi connectivity index (χ3n) is 4.23. The van der Waals surface area contributed by atoms with Gasteiger partial charge in [-0.2, -0.15) is 0 Å². The second kappa shape index (κ2) is 13.3. The molecular weight excluding hydrogens is 431 g/mol. The molecule has 0 radical (unpaired) electrons. The van der Waals surface area contributed by atoms with Crippen molar-refractivity contribution in [2.45, 2.75) is 65.0 Å². The lowest BCUT2D eigenvalue weighted by molar-refractivity contribution is 0.0579. The summed E-state index contributed by atoms with van der Waals surface area (Å²) in [6, 6.07) is 0. The number of halogens is 1. The highest BCUT2D eigenvalue weighted by molar-refractivity contribution is 14.0. The highest BCUT2D eigenvalue weighted by atomic mass is 127. The average molecular weight is 464 g/mol. The summed E-state index contributed by atoms with van der Waals surface area (Å²) in [6.45, 7) is 8.27. The van der Waals surface area contributed by atoms with Gasteiger partial charge in [0.1, 0.15) is 12.2 Å². The van der Waals surface area contributed by atoms with Crippen molar-refractivity contribution in [2.75, 3.05) is 26.2 Å². The van der Waals surface area contributed by atoms with E-state index in [0.29, 0.717) is 6.10 Å². The summed E-state index contributed by atoms with van der Waals surface area (Å²) in [5.41, 5.74) is 0. The third-order valence-corrected chi connectivity index (χ3v) is 4.23. The number of hydrogen-bond donors (Lipinski definition) is 2. The number of hydrogen-bond acceptors (Lipinski definition) is 4. The first-order valence-corrected chi connectivity index (χ1v) is 9.34. The molecule has 0 aliphatic heterocycles. The van der Waals surface area contributed by atoms with Gasteiger partial charge in [0.25, 0.3) is 0 Å². The van der Waals surface area contributed by atoms with Crippen LogP contribution in [0.25, 0.3) is 0 Å². The lowest BCUT2D eigenvalue weighted by Crippen LogP contribution is -2.39. The van der Waals surface area contributed by atoms with Gasteiger partial charge in [-0.15, -0.1) is 34.2 Å². The molecule has 2 N–H and O–H groups in total. The zero-order chi connectivity index (χ0) is 17.0. The Labute approximate surface area is 168 Å². The third kappa shape index (κ3) is 8.35. The standard InChI is InChI=1S/C17H32N6O.HI/c1-3-16-22-21-14-23(16)12-11-20-17(18-4-2)19-10-7-13-24-15-8-5-6-9-15;/h14-15H,3-13H2,1-2H3,(H2,18,19,20);1H. The summed E-state index contributed by atoms with van der Waals surface area (Å²) < 4.78 is 7.95. The molecule has 0 atom stereocenters. The van der Waals surface area contributed by atoms with Crippen LogP contribution in [0.5, 0.6) is 0 Å². The van der Waals surface area contributed by atoms with Crippen LogP contribution in [0.3, 0.4) is 0 Å². The molecular formula is C17H33IN6O. The highest BCUT2D eigenvalue weighted by Gasteiger charge is 2.14. The number of nitrogens with zero attached hydrogens (tertiary/aromatic N) is 4. The van der Waals surface area contributed by atoms with Crippen LogP contribution in [0.15, 0.2) is 11.3 Å². The maximum atomic E-state index is 5.87. The van der Waals surface area contributed by atoms with E-state index in [2.05, 4.69) is 44.2 Å². The Morgan fingerprint density at radius 3 is 2.84 bits per heavy atom. The Morgan fingerprint density at radius 1 is 1.32 bits per heavy atom. The first kappa shape index (κ1) is 22.1. The smallest absolute Gasteiger partial charge is 0.191 e. The minimum Gasteiger partial charge on any atom is -0.378 e. The van der Waals surface area contributed by atoms with Crippen molar-refractivity contribution in [1.82, 2.24) is 25.4 Å². The Bertz CT molecular complexity index is 487. The average Bonchev–Trinajstić information content (AvgIpc) is 3.25. The van der Waals surface area contributed by atoms with E-state index in [0.717, 1.165) is 57.4 Å².